The maximum Gasteiger partial charge on any atom is 0.0594 e. The van der Waals surface area contributed by atoms with Gasteiger partial charge in [-0.15, -0.1) is 0 Å². The minimum absolute atomic E-state index is 0.430. The average molecular weight is 262 g/mol. The van der Waals surface area contributed by atoms with Gasteiger partial charge in [-0.1, -0.05) is 31.2 Å². The Morgan fingerprint density at radius 2 is 2.00 bits per heavy atom. The summed E-state index contributed by atoms with van der Waals surface area (Å²) in [5, 5.41) is 3.69. The van der Waals surface area contributed by atoms with Gasteiger partial charge < -0.3 is 10.1 Å². The van der Waals surface area contributed by atoms with E-state index in [1.165, 1.54) is 17.5 Å². The van der Waals surface area contributed by atoms with Gasteiger partial charge in [-0.25, -0.2) is 0 Å². The lowest BCUT2D eigenvalue weighted by Gasteiger charge is -2.31. The first-order chi connectivity index (χ1) is 9.31. The molecule has 1 N–H and O–H groups in total. The highest BCUT2D eigenvalue weighted by molar-refractivity contribution is 5.29. The first kappa shape index (κ1) is 14.5. The fourth-order valence-electron chi connectivity index (χ4n) is 2.61. The monoisotopic (exact) mass is 262 g/mol. The molecule has 1 aliphatic rings. The summed E-state index contributed by atoms with van der Waals surface area (Å²) in [6, 6.07) is 9.14. The van der Waals surface area contributed by atoms with Crippen LogP contribution >= 0.6 is 0 Å². The van der Waals surface area contributed by atoms with Crippen LogP contribution in [0.1, 0.15) is 30.5 Å². The van der Waals surface area contributed by atoms with Crippen molar-refractivity contribution < 1.29 is 4.74 Å². The molecule has 0 aromatic heterocycles. The van der Waals surface area contributed by atoms with Crippen molar-refractivity contribution >= 4 is 0 Å². The van der Waals surface area contributed by atoms with E-state index in [1.807, 2.05) is 0 Å². The maximum absolute atomic E-state index is 5.43. The largest absolute Gasteiger partial charge is 0.379 e. The van der Waals surface area contributed by atoms with Crippen LogP contribution in [0.3, 0.4) is 0 Å². The zero-order chi connectivity index (χ0) is 13.5. The van der Waals surface area contributed by atoms with Gasteiger partial charge in [0.15, 0.2) is 0 Å². The van der Waals surface area contributed by atoms with Crippen molar-refractivity contribution in [2.24, 2.45) is 0 Å². The molecule has 1 aliphatic heterocycles. The summed E-state index contributed by atoms with van der Waals surface area (Å²) in [5.41, 5.74) is 2.81. The number of benzene rings is 1. The molecule has 1 heterocycles. The topological polar surface area (TPSA) is 24.5 Å². The van der Waals surface area contributed by atoms with Crippen LogP contribution in [0.4, 0.5) is 0 Å². The van der Waals surface area contributed by atoms with Crippen molar-refractivity contribution in [3.8, 4) is 0 Å². The van der Waals surface area contributed by atoms with E-state index in [9.17, 15) is 0 Å². The Bertz CT molecular complexity index is 375. The van der Waals surface area contributed by atoms with E-state index in [0.29, 0.717) is 6.04 Å². The molecule has 1 unspecified atom stereocenters. The predicted molar refractivity (Wildman–Crippen MR) is 79.5 cm³/mol. The molecular formula is C16H26N2O. The molecule has 3 heteroatoms. The van der Waals surface area contributed by atoms with Crippen LogP contribution in [0.2, 0.25) is 0 Å². The van der Waals surface area contributed by atoms with E-state index in [0.717, 1.165) is 39.4 Å². The third kappa shape index (κ3) is 4.30. The van der Waals surface area contributed by atoms with E-state index >= 15 is 0 Å². The highest BCUT2D eigenvalue weighted by Gasteiger charge is 2.18. The normalized spacial score (nSPS) is 18.4. The summed E-state index contributed by atoms with van der Waals surface area (Å²) in [7, 11) is 0. The van der Waals surface area contributed by atoms with E-state index in [4.69, 9.17) is 4.74 Å². The molecule has 1 aromatic rings. The summed E-state index contributed by atoms with van der Waals surface area (Å²) in [6.07, 6.45) is 1.17. The summed E-state index contributed by atoms with van der Waals surface area (Å²) in [4.78, 5) is 2.50. The molecule has 0 bridgehead atoms. The molecule has 1 aromatic carbocycles. The van der Waals surface area contributed by atoms with Crippen molar-refractivity contribution in [2.75, 3.05) is 39.4 Å². The van der Waals surface area contributed by atoms with Crippen LogP contribution in [0.25, 0.3) is 0 Å². The van der Waals surface area contributed by atoms with Gasteiger partial charge in [-0.05, 0) is 31.0 Å². The number of ether oxygens (including phenoxy) is 1. The number of hydrogen-bond donors (Lipinski definition) is 1. The standard InChI is InChI=1S/C16H26N2O/c1-3-8-17-16(13-18-9-11-19-12-10-18)15-7-5-4-6-14(15)2/h4-7,16-17H,3,8-13H2,1-2H3. The van der Waals surface area contributed by atoms with Crippen molar-refractivity contribution in [3.05, 3.63) is 35.4 Å². The third-order valence-electron chi connectivity index (χ3n) is 3.75. The minimum Gasteiger partial charge on any atom is -0.379 e. The second kappa shape index (κ2) is 7.63. The van der Waals surface area contributed by atoms with Gasteiger partial charge >= 0.3 is 0 Å². The molecule has 3 nitrogen and oxygen atoms in total. The predicted octanol–water partition coefficient (Wildman–Crippen LogP) is 2.37. The van der Waals surface area contributed by atoms with Crippen molar-refractivity contribution in [3.63, 3.8) is 0 Å². The Hall–Kier alpha value is -0.900. The molecule has 0 radical (unpaired) electrons. The Labute approximate surface area is 116 Å². The zero-order valence-electron chi connectivity index (χ0n) is 12.2. The lowest BCUT2D eigenvalue weighted by Crippen LogP contribution is -2.42. The summed E-state index contributed by atoms with van der Waals surface area (Å²) >= 11 is 0. The fourth-order valence-corrected chi connectivity index (χ4v) is 2.61. The van der Waals surface area contributed by atoms with Gasteiger partial charge in [0.05, 0.1) is 13.2 Å². The Balaban J connectivity index is 2.04. The number of morpholine rings is 1. The van der Waals surface area contributed by atoms with Crippen molar-refractivity contribution in [1.29, 1.82) is 0 Å². The van der Waals surface area contributed by atoms with Crippen LogP contribution in [0, 0.1) is 6.92 Å². The van der Waals surface area contributed by atoms with Crippen LogP contribution in [0.5, 0.6) is 0 Å². The zero-order valence-corrected chi connectivity index (χ0v) is 12.2. The fraction of sp³-hybridized carbons (Fsp3) is 0.625. The highest BCUT2D eigenvalue weighted by atomic mass is 16.5. The van der Waals surface area contributed by atoms with Crippen LogP contribution in [0.15, 0.2) is 24.3 Å². The second-order valence-corrected chi connectivity index (χ2v) is 5.28. The lowest BCUT2D eigenvalue weighted by atomic mass is 10.0. The molecule has 1 fully saturated rings. The SMILES string of the molecule is CCCNC(CN1CCOCC1)c1ccccc1C. The van der Waals surface area contributed by atoms with E-state index in [1.54, 1.807) is 0 Å². The molecule has 0 aliphatic carbocycles. The van der Waals surface area contributed by atoms with Gasteiger partial charge in [-0.3, -0.25) is 4.90 Å². The molecular weight excluding hydrogens is 236 g/mol. The van der Waals surface area contributed by atoms with E-state index in [2.05, 4.69) is 48.3 Å². The lowest BCUT2D eigenvalue weighted by molar-refractivity contribution is 0.0334. The molecule has 1 atom stereocenters. The summed E-state index contributed by atoms with van der Waals surface area (Å²) in [5.74, 6) is 0. The molecule has 0 spiro atoms. The number of rotatable bonds is 6. The van der Waals surface area contributed by atoms with Gasteiger partial charge in [0.2, 0.25) is 0 Å². The number of nitrogens with zero attached hydrogens (tertiary/aromatic N) is 1. The van der Waals surface area contributed by atoms with Gasteiger partial charge in [0, 0.05) is 25.7 Å². The minimum atomic E-state index is 0.430. The third-order valence-corrected chi connectivity index (χ3v) is 3.75. The molecule has 1 saturated heterocycles. The first-order valence-corrected chi connectivity index (χ1v) is 7.40. The van der Waals surface area contributed by atoms with Crippen LogP contribution in [-0.4, -0.2) is 44.3 Å². The summed E-state index contributed by atoms with van der Waals surface area (Å²) in [6.45, 7) is 10.4. The summed E-state index contributed by atoms with van der Waals surface area (Å²) < 4.78 is 5.43. The molecule has 0 saturated carbocycles. The molecule has 0 amide bonds. The highest BCUT2D eigenvalue weighted by Crippen LogP contribution is 2.19. The molecule has 19 heavy (non-hydrogen) atoms. The molecule has 106 valence electrons. The van der Waals surface area contributed by atoms with Gasteiger partial charge in [-0.2, -0.15) is 0 Å². The quantitative estimate of drug-likeness (QED) is 0.852. The number of aryl methyl sites for hydroxylation is 1. The van der Waals surface area contributed by atoms with Gasteiger partial charge in [0.25, 0.3) is 0 Å². The first-order valence-electron chi connectivity index (χ1n) is 7.40. The number of nitrogens with one attached hydrogen (secondary N) is 1. The second-order valence-electron chi connectivity index (χ2n) is 5.28. The van der Waals surface area contributed by atoms with Crippen LogP contribution in [-0.2, 0) is 4.74 Å². The maximum atomic E-state index is 5.43. The Kier molecular flexibility index (Phi) is 5.83. The van der Waals surface area contributed by atoms with Gasteiger partial charge in [0.1, 0.15) is 0 Å². The van der Waals surface area contributed by atoms with E-state index in [-0.39, 0.29) is 0 Å². The smallest absolute Gasteiger partial charge is 0.0594 e. The van der Waals surface area contributed by atoms with Crippen molar-refractivity contribution in [1.82, 2.24) is 10.2 Å². The van der Waals surface area contributed by atoms with Crippen molar-refractivity contribution in [2.45, 2.75) is 26.3 Å². The molecule has 2 rings (SSSR count). The Morgan fingerprint density at radius 1 is 1.26 bits per heavy atom. The Morgan fingerprint density at radius 3 is 2.68 bits per heavy atom. The van der Waals surface area contributed by atoms with Crippen LogP contribution < -0.4 is 5.32 Å². The van der Waals surface area contributed by atoms with E-state index < -0.39 is 0 Å². The average Bonchev–Trinajstić information content (AvgIpc) is 2.45. The number of hydrogen-bond acceptors (Lipinski definition) is 3.